The van der Waals surface area contributed by atoms with Gasteiger partial charge >= 0.3 is 0 Å². The molecule has 4 heteroatoms. The minimum absolute atomic E-state index is 0.212. The zero-order valence-electron chi connectivity index (χ0n) is 8.43. The average molecular weight is 275 g/mol. The Morgan fingerprint density at radius 1 is 1.40 bits per heavy atom. The van der Waals surface area contributed by atoms with E-state index in [-0.39, 0.29) is 11.6 Å². The molecule has 82 valence electrons. The van der Waals surface area contributed by atoms with Gasteiger partial charge in [0.05, 0.1) is 18.2 Å². The summed E-state index contributed by atoms with van der Waals surface area (Å²) in [4.78, 5) is 0. The summed E-state index contributed by atoms with van der Waals surface area (Å²) in [5.74, 6) is 1.14. The fraction of sp³-hybridized carbons (Fsp3) is 0.455. The standard InChI is InChI=1S/C11H12BrFO2/c1-14-11-5-10(8(12)4-9(11)13)15-6-7-2-3-7/h4-5,7H,2-3,6H2,1H3. The van der Waals surface area contributed by atoms with E-state index >= 15 is 0 Å². The lowest BCUT2D eigenvalue weighted by Gasteiger charge is -2.10. The van der Waals surface area contributed by atoms with E-state index in [0.717, 1.165) is 0 Å². The highest BCUT2D eigenvalue weighted by molar-refractivity contribution is 9.10. The summed E-state index contributed by atoms with van der Waals surface area (Å²) in [6, 6.07) is 2.93. The van der Waals surface area contributed by atoms with Crippen LogP contribution in [0.15, 0.2) is 16.6 Å². The molecule has 0 spiro atoms. The minimum atomic E-state index is -0.386. The largest absolute Gasteiger partial charge is 0.494 e. The van der Waals surface area contributed by atoms with E-state index < -0.39 is 0 Å². The van der Waals surface area contributed by atoms with Gasteiger partial charge in [-0.25, -0.2) is 4.39 Å². The van der Waals surface area contributed by atoms with Crippen molar-refractivity contribution in [2.45, 2.75) is 12.8 Å². The SMILES string of the molecule is COc1cc(OCC2CC2)c(Br)cc1F. The Balaban J connectivity index is 2.13. The maximum atomic E-state index is 13.2. The maximum Gasteiger partial charge on any atom is 0.166 e. The molecule has 0 atom stereocenters. The molecule has 1 aromatic rings. The summed E-state index contributed by atoms with van der Waals surface area (Å²) in [5.41, 5.74) is 0. The zero-order valence-corrected chi connectivity index (χ0v) is 10.0. The average Bonchev–Trinajstić information content (AvgIpc) is 3.00. The smallest absolute Gasteiger partial charge is 0.166 e. The van der Waals surface area contributed by atoms with Crippen LogP contribution >= 0.6 is 15.9 Å². The molecule has 0 aliphatic heterocycles. The van der Waals surface area contributed by atoms with E-state index in [9.17, 15) is 4.39 Å². The monoisotopic (exact) mass is 274 g/mol. The number of methoxy groups -OCH3 is 1. The van der Waals surface area contributed by atoms with E-state index in [1.807, 2.05) is 0 Å². The van der Waals surface area contributed by atoms with Gasteiger partial charge in [0.25, 0.3) is 0 Å². The summed E-state index contributed by atoms with van der Waals surface area (Å²) < 4.78 is 24.3. The van der Waals surface area contributed by atoms with E-state index in [4.69, 9.17) is 9.47 Å². The first-order valence-corrected chi connectivity index (χ1v) is 5.66. The Kier molecular flexibility index (Phi) is 3.14. The second-order valence-corrected chi connectivity index (χ2v) is 4.53. The van der Waals surface area contributed by atoms with Crippen molar-refractivity contribution in [3.05, 3.63) is 22.4 Å². The highest BCUT2D eigenvalue weighted by Crippen LogP contribution is 2.34. The Morgan fingerprint density at radius 3 is 2.73 bits per heavy atom. The van der Waals surface area contributed by atoms with Gasteiger partial charge in [-0.1, -0.05) is 0 Å². The van der Waals surface area contributed by atoms with Crippen LogP contribution in [-0.4, -0.2) is 13.7 Å². The molecule has 1 fully saturated rings. The van der Waals surface area contributed by atoms with E-state index in [1.165, 1.54) is 26.0 Å². The lowest BCUT2D eigenvalue weighted by molar-refractivity contribution is 0.294. The molecule has 0 saturated heterocycles. The number of rotatable bonds is 4. The van der Waals surface area contributed by atoms with Crippen molar-refractivity contribution >= 4 is 15.9 Å². The van der Waals surface area contributed by atoms with Gasteiger partial charge in [0.1, 0.15) is 5.75 Å². The van der Waals surface area contributed by atoms with Crippen molar-refractivity contribution in [1.29, 1.82) is 0 Å². The van der Waals surface area contributed by atoms with Crippen molar-refractivity contribution in [3.8, 4) is 11.5 Å². The predicted octanol–water partition coefficient (Wildman–Crippen LogP) is 3.39. The van der Waals surface area contributed by atoms with Gasteiger partial charge < -0.3 is 9.47 Å². The van der Waals surface area contributed by atoms with Crippen LogP contribution in [0.2, 0.25) is 0 Å². The molecule has 0 bridgehead atoms. The lowest BCUT2D eigenvalue weighted by atomic mass is 10.3. The number of ether oxygens (including phenoxy) is 2. The lowest BCUT2D eigenvalue weighted by Crippen LogP contribution is -2.00. The fourth-order valence-corrected chi connectivity index (χ4v) is 1.70. The molecule has 0 amide bonds. The van der Waals surface area contributed by atoms with Gasteiger partial charge in [0.15, 0.2) is 11.6 Å². The number of hydrogen-bond donors (Lipinski definition) is 0. The van der Waals surface area contributed by atoms with E-state index in [2.05, 4.69) is 15.9 Å². The molecule has 1 aromatic carbocycles. The quantitative estimate of drug-likeness (QED) is 0.838. The van der Waals surface area contributed by atoms with Crippen molar-refractivity contribution in [3.63, 3.8) is 0 Å². The number of benzene rings is 1. The van der Waals surface area contributed by atoms with Crippen LogP contribution in [0.3, 0.4) is 0 Å². The molecule has 0 heterocycles. The second kappa shape index (κ2) is 4.39. The molecule has 0 aromatic heterocycles. The highest BCUT2D eigenvalue weighted by atomic mass is 79.9. The van der Waals surface area contributed by atoms with Crippen molar-refractivity contribution in [1.82, 2.24) is 0 Å². The molecule has 2 nitrogen and oxygen atoms in total. The summed E-state index contributed by atoms with van der Waals surface area (Å²) >= 11 is 3.26. The molecule has 0 unspecified atom stereocenters. The first-order chi connectivity index (χ1) is 7.20. The molecule has 1 aliphatic rings. The van der Waals surface area contributed by atoms with Gasteiger partial charge in [-0.3, -0.25) is 0 Å². The molecule has 2 rings (SSSR count). The first-order valence-electron chi connectivity index (χ1n) is 4.86. The van der Waals surface area contributed by atoms with Crippen LogP contribution in [0.1, 0.15) is 12.8 Å². The van der Waals surface area contributed by atoms with Crippen LogP contribution in [0, 0.1) is 11.7 Å². The Hall–Kier alpha value is -0.770. The highest BCUT2D eigenvalue weighted by Gasteiger charge is 2.22. The molecular formula is C11H12BrFO2. The summed E-state index contributed by atoms with van der Waals surface area (Å²) in [6.45, 7) is 0.702. The fourth-order valence-electron chi connectivity index (χ4n) is 1.27. The predicted molar refractivity (Wildman–Crippen MR) is 58.9 cm³/mol. The molecule has 1 aliphatic carbocycles. The number of halogens is 2. The van der Waals surface area contributed by atoms with Crippen molar-refractivity contribution < 1.29 is 13.9 Å². The summed E-state index contributed by atoms with van der Waals surface area (Å²) in [5, 5.41) is 0. The maximum absolute atomic E-state index is 13.2. The topological polar surface area (TPSA) is 18.5 Å². The van der Waals surface area contributed by atoms with Crippen molar-refractivity contribution in [2.24, 2.45) is 5.92 Å². The third kappa shape index (κ3) is 2.62. The normalized spacial score (nSPS) is 15.1. The van der Waals surface area contributed by atoms with Crippen LogP contribution < -0.4 is 9.47 Å². The van der Waals surface area contributed by atoms with Crippen LogP contribution in [0.4, 0.5) is 4.39 Å². The molecule has 0 radical (unpaired) electrons. The molecule has 1 saturated carbocycles. The van der Waals surface area contributed by atoms with Crippen molar-refractivity contribution in [2.75, 3.05) is 13.7 Å². The molecule has 0 N–H and O–H groups in total. The van der Waals surface area contributed by atoms with Gasteiger partial charge in [-0.2, -0.15) is 0 Å². The summed E-state index contributed by atoms with van der Waals surface area (Å²) in [7, 11) is 1.44. The second-order valence-electron chi connectivity index (χ2n) is 3.67. The van der Waals surface area contributed by atoms with Crippen LogP contribution in [0.5, 0.6) is 11.5 Å². The van der Waals surface area contributed by atoms with Gasteiger partial charge in [0.2, 0.25) is 0 Å². The van der Waals surface area contributed by atoms with E-state index in [0.29, 0.717) is 22.7 Å². The van der Waals surface area contributed by atoms with Gasteiger partial charge in [-0.05, 0) is 40.8 Å². The third-order valence-corrected chi connectivity index (χ3v) is 3.00. The van der Waals surface area contributed by atoms with Gasteiger partial charge in [0, 0.05) is 6.07 Å². The van der Waals surface area contributed by atoms with Crippen LogP contribution in [0.25, 0.3) is 0 Å². The Bertz CT molecular complexity index is 364. The Morgan fingerprint density at radius 2 is 2.13 bits per heavy atom. The Labute approximate surface area is 96.5 Å². The first kappa shape index (κ1) is 10.7. The number of hydrogen-bond acceptors (Lipinski definition) is 2. The van der Waals surface area contributed by atoms with E-state index in [1.54, 1.807) is 6.07 Å². The van der Waals surface area contributed by atoms with Crippen LogP contribution in [-0.2, 0) is 0 Å². The third-order valence-electron chi connectivity index (χ3n) is 2.38. The summed E-state index contributed by atoms with van der Waals surface area (Å²) in [6.07, 6.45) is 2.46. The minimum Gasteiger partial charge on any atom is -0.494 e. The van der Waals surface area contributed by atoms with Gasteiger partial charge in [-0.15, -0.1) is 0 Å². The molecule has 15 heavy (non-hydrogen) atoms. The zero-order chi connectivity index (χ0) is 10.8. The molecular weight excluding hydrogens is 263 g/mol.